The number of benzene rings is 1. The lowest BCUT2D eigenvalue weighted by Crippen LogP contribution is -2.12. The van der Waals surface area contributed by atoms with Crippen molar-refractivity contribution < 1.29 is 9.21 Å². The fourth-order valence-corrected chi connectivity index (χ4v) is 1.83. The lowest BCUT2D eigenvalue weighted by atomic mass is 10.2. The fourth-order valence-electron chi connectivity index (χ4n) is 1.64. The Morgan fingerprint density at radius 3 is 2.95 bits per heavy atom. The summed E-state index contributed by atoms with van der Waals surface area (Å²) in [6.45, 7) is 0. The van der Waals surface area contributed by atoms with Crippen molar-refractivity contribution in [3.05, 3.63) is 53.2 Å². The predicted molar refractivity (Wildman–Crippen MR) is 73.5 cm³/mol. The summed E-state index contributed by atoms with van der Waals surface area (Å²) in [5.41, 5.74) is 0.432. The van der Waals surface area contributed by atoms with E-state index in [1.807, 2.05) is 0 Å². The quantitative estimate of drug-likeness (QED) is 0.776. The maximum absolute atomic E-state index is 12.0. The number of anilines is 1. The highest BCUT2D eigenvalue weighted by atomic mass is 35.5. The zero-order valence-electron chi connectivity index (χ0n) is 10.1. The molecule has 0 spiro atoms. The van der Waals surface area contributed by atoms with Crippen LogP contribution in [0.1, 0.15) is 10.4 Å². The molecule has 1 amide bonds. The lowest BCUT2D eigenvalue weighted by Gasteiger charge is -2.00. The molecule has 100 valence electrons. The number of carbonyl (C=O) groups is 1. The van der Waals surface area contributed by atoms with Crippen LogP contribution in [0.15, 0.2) is 47.1 Å². The standard InChI is InChI=1S/C13H9ClN4O2/c14-9-4-1-3-8(7-9)12(19)16-13-15-11(17-18-13)10-5-2-6-20-10/h1-7H,(H2,15,16,17,18,19). The summed E-state index contributed by atoms with van der Waals surface area (Å²) in [6.07, 6.45) is 1.53. The van der Waals surface area contributed by atoms with Crippen LogP contribution in [0.3, 0.4) is 0 Å². The summed E-state index contributed by atoms with van der Waals surface area (Å²) in [6, 6.07) is 10.1. The highest BCUT2D eigenvalue weighted by molar-refractivity contribution is 6.31. The van der Waals surface area contributed by atoms with Gasteiger partial charge in [-0.05, 0) is 30.3 Å². The van der Waals surface area contributed by atoms with E-state index < -0.39 is 0 Å². The van der Waals surface area contributed by atoms with Crippen molar-refractivity contribution in [3.63, 3.8) is 0 Å². The Kier molecular flexibility index (Phi) is 3.22. The first-order chi connectivity index (χ1) is 9.72. The lowest BCUT2D eigenvalue weighted by molar-refractivity contribution is 0.102. The van der Waals surface area contributed by atoms with Gasteiger partial charge in [-0.3, -0.25) is 15.2 Å². The van der Waals surface area contributed by atoms with E-state index in [2.05, 4.69) is 20.5 Å². The van der Waals surface area contributed by atoms with Crippen molar-refractivity contribution in [1.82, 2.24) is 15.2 Å². The third-order valence-corrected chi connectivity index (χ3v) is 2.79. The van der Waals surface area contributed by atoms with E-state index in [1.165, 1.54) is 6.26 Å². The highest BCUT2D eigenvalue weighted by Crippen LogP contribution is 2.16. The number of carbonyl (C=O) groups excluding carboxylic acids is 1. The van der Waals surface area contributed by atoms with Gasteiger partial charge in [0, 0.05) is 10.6 Å². The van der Waals surface area contributed by atoms with Crippen LogP contribution in [0.5, 0.6) is 0 Å². The molecule has 6 nitrogen and oxygen atoms in total. The number of nitrogens with zero attached hydrogens (tertiary/aromatic N) is 2. The fraction of sp³-hybridized carbons (Fsp3) is 0. The van der Waals surface area contributed by atoms with Crippen molar-refractivity contribution in [2.75, 3.05) is 5.32 Å². The van der Waals surface area contributed by atoms with Gasteiger partial charge in [0.2, 0.25) is 5.95 Å². The van der Waals surface area contributed by atoms with Gasteiger partial charge in [0.1, 0.15) is 0 Å². The smallest absolute Gasteiger partial charge is 0.258 e. The number of hydrogen-bond acceptors (Lipinski definition) is 4. The average Bonchev–Trinajstić information content (AvgIpc) is 3.08. The maximum Gasteiger partial charge on any atom is 0.258 e. The van der Waals surface area contributed by atoms with Crippen LogP contribution < -0.4 is 5.32 Å². The van der Waals surface area contributed by atoms with E-state index in [-0.39, 0.29) is 11.9 Å². The molecule has 7 heteroatoms. The zero-order chi connectivity index (χ0) is 13.9. The number of rotatable bonds is 3. The van der Waals surface area contributed by atoms with Crippen LogP contribution in [0.25, 0.3) is 11.6 Å². The molecule has 0 saturated heterocycles. The number of aromatic amines is 1. The Hall–Kier alpha value is -2.60. The summed E-state index contributed by atoms with van der Waals surface area (Å²) in [5, 5.41) is 9.64. The molecule has 20 heavy (non-hydrogen) atoms. The van der Waals surface area contributed by atoms with Crippen molar-refractivity contribution >= 4 is 23.5 Å². The topological polar surface area (TPSA) is 83.8 Å². The van der Waals surface area contributed by atoms with E-state index in [0.29, 0.717) is 22.2 Å². The zero-order valence-corrected chi connectivity index (χ0v) is 10.9. The summed E-state index contributed by atoms with van der Waals surface area (Å²) in [7, 11) is 0. The number of halogens is 1. The van der Waals surface area contributed by atoms with Crippen LogP contribution in [-0.2, 0) is 0 Å². The minimum atomic E-state index is -0.336. The molecule has 2 N–H and O–H groups in total. The Labute approximate surface area is 118 Å². The van der Waals surface area contributed by atoms with Crippen LogP contribution >= 0.6 is 11.6 Å². The third-order valence-electron chi connectivity index (χ3n) is 2.55. The molecule has 0 aliphatic carbocycles. The van der Waals surface area contributed by atoms with Gasteiger partial charge in [-0.2, -0.15) is 4.98 Å². The highest BCUT2D eigenvalue weighted by Gasteiger charge is 2.12. The summed E-state index contributed by atoms with van der Waals surface area (Å²) in [4.78, 5) is 16.1. The van der Waals surface area contributed by atoms with Crippen molar-refractivity contribution in [2.24, 2.45) is 0 Å². The van der Waals surface area contributed by atoms with E-state index in [1.54, 1.807) is 36.4 Å². The number of H-pyrrole nitrogens is 1. The SMILES string of the molecule is O=C(Nc1n[nH]c(-c2ccco2)n1)c1cccc(Cl)c1. The van der Waals surface area contributed by atoms with E-state index in [4.69, 9.17) is 16.0 Å². The van der Waals surface area contributed by atoms with Gasteiger partial charge in [0.05, 0.1) is 6.26 Å². The molecular weight excluding hydrogens is 280 g/mol. The molecule has 3 rings (SSSR count). The number of hydrogen-bond donors (Lipinski definition) is 2. The normalized spacial score (nSPS) is 10.4. The van der Waals surface area contributed by atoms with Crippen molar-refractivity contribution in [3.8, 4) is 11.6 Å². The maximum atomic E-state index is 12.0. The van der Waals surface area contributed by atoms with E-state index >= 15 is 0 Å². The number of furan rings is 1. The van der Waals surface area contributed by atoms with Gasteiger partial charge < -0.3 is 4.42 Å². The molecule has 2 aromatic heterocycles. The first kappa shape index (κ1) is 12.4. The van der Waals surface area contributed by atoms with Gasteiger partial charge in [-0.1, -0.05) is 17.7 Å². The molecule has 0 saturated carbocycles. The first-order valence-corrected chi connectivity index (χ1v) is 6.13. The Morgan fingerprint density at radius 1 is 1.30 bits per heavy atom. The Bertz CT molecular complexity index is 736. The molecule has 0 aliphatic heterocycles. The van der Waals surface area contributed by atoms with E-state index in [9.17, 15) is 4.79 Å². The van der Waals surface area contributed by atoms with Gasteiger partial charge in [-0.15, -0.1) is 5.10 Å². The molecule has 0 radical (unpaired) electrons. The minimum absolute atomic E-state index is 0.168. The largest absolute Gasteiger partial charge is 0.461 e. The van der Waals surface area contributed by atoms with Crippen molar-refractivity contribution in [2.45, 2.75) is 0 Å². The summed E-state index contributed by atoms with van der Waals surface area (Å²) >= 11 is 5.83. The molecule has 0 fully saturated rings. The second-order valence-corrected chi connectivity index (χ2v) is 4.39. The number of nitrogens with one attached hydrogen (secondary N) is 2. The van der Waals surface area contributed by atoms with Gasteiger partial charge >= 0.3 is 0 Å². The second kappa shape index (κ2) is 5.18. The summed E-state index contributed by atoms with van der Waals surface area (Å²) in [5.74, 6) is 0.816. The molecule has 2 heterocycles. The Morgan fingerprint density at radius 2 is 2.20 bits per heavy atom. The van der Waals surface area contributed by atoms with Crippen molar-refractivity contribution in [1.29, 1.82) is 0 Å². The molecule has 0 unspecified atom stereocenters. The van der Waals surface area contributed by atoms with Gasteiger partial charge in [0.25, 0.3) is 5.91 Å². The molecule has 0 atom stereocenters. The molecule has 1 aromatic carbocycles. The number of aromatic nitrogens is 3. The molecule has 0 bridgehead atoms. The molecule has 0 aliphatic rings. The summed E-state index contributed by atoms with van der Waals surface area (Å²) < 4.78 is 5.17. The molecular formula is C13H9ClN4O2. The van der Waals surface area contributed by atoms with Crippen LogP contribution in [0, 0.1) is 0 Å². The number of amides is 1. The first-order valence-electron chi connectivity index (χ1n) is 5.75. The van der Waals surface area contributed by atoms with Crippen LogP contribution in [-0.4, -0.2) is 21.1 Å². The predicted octanol–water partition coefficient (Wildman–Crippen LogP) is 2.97. The monoisotopic (exact) mass is 288 g/mol. The van der Waals surface area contributed by atoms with E-state index in [0.717, 1.165) is 0 Å². The second-order valence-electron chi connectivity index (χ2n) is 3.95. The van der Waals surface area contributed by atoms with Crippen LogP contribution in [0.2, 0.25) is 5.02 Å². The average molecular weight is 289 g/mol. The molecule has 3 aromatic rings. The third kappa shape index (κ3) is 2.55. The minimum Gasteiger partial charge on any atom is -0.461 e. The van der Waals surface area contributed by atoms with Crippen LogP contribution in [0.4, 0.5) is 5.95 Å². The Balaban J connectivity index is 1.77. The van der Waals surface area contributed by atoms with Gasteiger partial charge in [-0.25, -0.2) is 0 Å². The van der Waals surface area contributed by atoms with Gasteiger partial charge in [0.15, 0.2) is 11.6 Å².